The number of benzene rings is 3. The number of methoxy groups -OCH3 is 2. The molecule has 1 atom stereocenters. The number of fused-ring (bicyclic) bond motifs is 1. The van der Waals surface area contributed by atoms with Crippen LogP contribution in [0.15, 0.2) is 84.2 Å². The average molecular weight is 634 g/mol. The molecule has 0 amide bonds. The van der Waals surface area contributed by atoms with Gasteiger partial charge in [0.25, 0.3) is 0 Å². The van der Waals surface area contributed by atoms with Gasteiger partial charge < -0.3 is 20.9 Å². The number of aromatic nitrogens is 2. The molecule has 10 nitrogen and oxygen atoms in total. The fraction of sp³-hybridized carbons (Fsp3) is 0.297. The van der Waals surface area contributed by atoms with Crippen LogP contribution in [-0.4, -0.2) is 58.2 Å². The predicted octanol–water partition coefficient (Wildman–Crippen LogP) is 6.00. The van der Waals surface area contributed by atoms with Crippen molar-refractivity contribution in [2.75, 3.05) is 25.7 Å². The second-order valence-electron chi connectivity index (χ2n) is 12.1. The number of carbonyl (C=O) groups excluding carboxylic acids is 1. The van der Waals surface area contributed by atoms with Gasteiger partial charge in [-0.05, 0) is 62.1 Å². The summed E-state index contributed by atoms with van der Waals surface area (Å²) in [5.74, 6) is 0.867. The smallest absolute Gasteiger partial charge is 0.221 e. The summed E-state index contributed by atoms with van der Waals surface area (Å²) in [6.45, 7) is 9.77. The Labute approximate surface area is 276 Å². The third kappa shape index (κ3) is 7.44. The molecule has 3 aromatic carbocycles. The molecule has 244 valence electrons. The van der Waals surface area contributed by atoms with Crippen LogP contribution in [0.1, 0.15) is 77.5 Å². The number of hydrogen-bond donors (Lipinski definition) is 2. The number of ketones is 1. The number of nitrogens with two attached hydrogens (primary N) is 2. The molecule has 0 aliphatic carbocycles. The second-order valence-corrected chi connectivity index (χ2v) is 12.1. The number of nitrogens with zero attached hydrogens (tertiary/aromatic N) is 5. The van der Waals surface area contributed by atoms with E-state index in [-0.39, 0.29) is 23.6 Å². The van der Waals surface area contributed by atoms with Crippen molar-refractivity contribution in [1.29, 1.82) is 0 Å². The average Bonchev–Trinajstić information content (AvgIpc) is 3.06. The molecule has 2 heterocycles. The van der Waals surface area contributed by atoms with Gasteiger partial charge in [0.2, 0.25) is 5.95 Å². The first-order chi connectivity index (χ1) is 22.6. The van der Waals surface area contributed by atoms with Crippen molar-refractivity contribution in [1.82, 2.24) is 19.9 Å². The third-order valence-electron chi connectivity index (χ3n) is 8.37. The first-order valence-electron chi connectivity index (χ1n) is 15.7. The minimum absolute atomic E-state index is 0.0979. The van der Waals surface area contributed by atoms with E-state index in [0.717, 1.165) is 28.8 Å². The summed E-state index contributed by atoms with van der Waals surface area (Å²) < 4.78 is 11.2. The minimum atomic E-state index is -0.269. The highest BCUT2D eigenvalue weighted by atomic mass is 16.5. The Morgan fingerprint density at radius 3 is 2.36 bits per heavy atom. The Balaban J connectivity index is 1.45. The molecule has 0 saturated carbocycles. The Morgan fingerprint density at radius 2 is 1.70 bits per heavy atom. The number of allylic oxidation sites excluding steroid dienone is 1. The first kappa shape index (κ1) is 33.2. The molecule has 0 spiro atoms. The summed E-state index contributed by atoms with van der Waals surface area (Å²) >= 11 is 0. The van der Waals surface area contributed by atoms with Crippen molar-refractivity contribution in [3.63, 3.8) is 0 Å². The summed E-state index contributed by atoms with van der Waals surface area (Å²) in [4.78, 5) is 24.4. The lowest BCUT2D eigenvalue weighted by Gasteiger charge is -2.32. The number of carbonyl (C=O) groups is 1. The normalized spacial score (nSPS) is 14.3. The van der Waals surface area contributed by atoms with Gasteiger partial charge in [0, 0.05) is 54.6 Å². The van der Waals surface area contributed by atoms with E-state index in [1.807, 2.05) is 29.4 Å². The van der Waals surface area contributed by atoms with Gasteiger partial charge in [-0.15, -0.1) is 0 Å². The van der Waals surface area contributed by atoms with Gasteiger partial charge in [0.15, 0.2) is 17.3 Å². The number of hydrazone groups is 1. The molecular weight excluding hydrogens is 590 g/mol. The van der Waals surface area contributed by atoms with Gasteiger partial charge in [-0.25, -0.2) is 4.98 Å². The summed E-state index contributed by atoms with van der Waals surface area (Å²) in [5, 5.41) is 6.57. The third-order valence-corrected chi connectivity index (χ3v) is 8.37. The van der Waals surface area contributed by atoms with Gasteiger partial charge in [0.05, 0.1) is 26.0 Å². The van der Waals surface area contributed by atoms with Gasteiger partial charge in [-0.2, -0.15) is 10.1 Å². The zero-order valence-electron chi connectivity index (χ0n) is 27.8. The van der Waals surface area contributed by atoms with Gasteiger partial charge in [0.1, 0.15) is 11.9 Å². The number of hydrogen-bond acceptors (Lipinski definition) is 10. The van der Waals surface area contributed by atoms with Crippen LogP contribution in [0.3, 0.4) is 0 Å². The van der Waals surface area contributed by atoms with Crippen LogP contribution in [0.4, 0.5) is 11.8 Å². The standard InChI is InChI=1S/C37H43N7O3/c1-23(2)43(24(3)4)22-25-11-13-27(14-12-25)34-30-10-8-7-9-28(30)21-41-44(34)16-15-32(45)31-18-26(19-33(46-5)35(31)47-6)17-29-20-40-37(39)42-36(29)38/h7-16,18-21,23-24,34H,17,22H2,1-6H3,(H4,38,39,40,42)/b16-15+. The molecule has 1 aliphatic heterocycles. The maximum Gasteiger partial charge on any atom is 0.221 e. The van der Waals surface area contributed by atoms with E-state index < -0.39 is 0 Å². The van der Waals surface area contributed by atoms with Crippen LogP contribution in [0.5, 0.6) is 11.5 Å². The van der Waals surface area contributed by atoms with Crippen LogP contribution in [0.2, 0.25) is 0 Å². The van der Waals surface area contributed by atoms with Crippen molar-refractivity contribution in [2.24, 2.45) is 5.10 Å². The molecular formula is C37H43N7O3. The molecule has 0 bridgehead atoms. The van der Waals surface area contributed by atoms with E-state index in [1.165, 1.54) is 25.9 Å². The Kier molecular flexibility index (Phi) is 10.2. The maximum absolute atomic E-state index is 13.8. The van der Waals surface area contributed by atoms with Crippen LogP contribution < -0.4 is 20.9 Å². The monoisotopic (exact) mass is 633 g/mol. The van der Waals surface area contributed by atoms with Gasteiger partial charge in [-0.1, -0.05) is 48.5 Å². The van der Waals surface area contributed by atoms with Crippen molar-refractivity contribution >= 4 is 23.8 Å². The minimum Gasteiger partial charge on any atom is -0.493 e. The zero-order chi connectivity index (χ0) is 33.7. The van der Waals surface area contributed by atoms with Gasteiger partial charge in [-0.3, -0.25) is 14.7 Å². The van der Waals surface area contributed by atoms with Crippen molar-refractivity contribution in [3.8, 4) is 11.5 Å². The number of anilines is 2. The highest BCUT2D eigenvalue weighted by Crippen LogP contribution is 2.36. The van der Waals surface area contributed by atoms with E-state index in [4.69, 9.17) is 26.0 Å². The Bertz CT molecular complexity index is 1780. The fourth-order valence-corrected chi connectivity index (χ4v) is 5.98. The van der Waals surface area contributed by atoms with Crippen molar-refractivity contribution < 1.29 is 14.3 Å². The van der Waals surface area contributed by atoms with E-state index in [1.54, 1.807) is 18.5 Å². The molecule has 5 rings (SSSR count). The van der Waals surface area contributed by atoms with Gasteiger partial charge >= 0.3 is 0 Å². The summed E-state index contributed by atoms with van der Waals surface area (Å²) in [5.41, 5.74) is 18.0. The summed E-state index contributed by atoms with van der Waals surface area (Å²) in [6, 6.07) is 21.1. The molecule has 1 aromatic heterocycles. The lowest BCUT2D eigenvalue weighted by Crippen LogP contribution is -2.36. The predicted molar refractivity (Wildman–Crippen MR) is 187 cm³/mol. The summed E-state index contributed by atoms with van der Waals surface area (Å²) in [6.07, 6.45) is 7.00. The van der Waals surface area contributed by atoms with E-state index in [9.17, 15) is 4.79 Å². The zero-order valence-corrected chi connectivity index (χ0v) is 27.8. The van der Waals surface area contributed by atoms with E-state index in [0.29, 0.717) is 41.1 Å². The van der Waals surface area contributed by atoms with Crippen LogP contribution >= 0.6 is 0 Å². The number of ether oxygens (including phenoxy) is 2. The molecule has 4 aromatic rings. The lowest BCUT2D eigenvalue weighted by molar-refractivity contribution is 0.104. The highest BCUT2D eigenvalue weighted by molar-refractivity contribution is 6.07. The lowest BCUT2D eigenvalue weighted by atomic mass is 9.92. The largest absolute Gasteiger partial charge is 0.493 e. The molecule has 4 N–H and O–H groups in total. The first-order valence-corrected chi connectivity index (χ1v) is 15.7. The van der Waals surface area contributed by atoms with Crippen LogP contribution in [0, 0.1) is 0 Å². The molecule has 1 unspecified atom stereocenters. The quantitative estimate of drug-likeness (QED) is 0.142. The molecule has 47 heavy (non-hydrogen) atoms. The second kappa shape index (κ2) is 14.5. The molecule has 0 radical (unpaired) electrons. The Morgan fingerprint density at radius 1 is 0.979 bits per heavy atom. The number of nitrogen functional groups attached to an aromatic ring is 2. The van der Waals surface area contributed by atoms with E-state index >= 15 is 0 Å². The van der Waals surface area contributed by atoms with Crippen LogP contribution in [-0.2, 0) is 13.0 Å². The maximum atomic E-state index is 13.8. The topological polar surface area (TPSA) is 132 Å². The highest BCUT2D eigenvalue weighted by Gasteiger charge is 2.26. The van der Waals surface area contributed by atoms with Crippen LogP contribution in [0.25, 0.3) is 0 Å². The molecule has 0 saturated heterocycles. The SMILES string of the molecule is COc1cc(Cc2cnc(N)nc2N)cc(C(=O)/C=C/N2N=Cc3ccccc3C2c2ccc(CN(C(C)C)C(C)C)cc2)c1OC. The number of rotatable bonds is 12. The van der Waals surface area contributed by atoms with E-state index in [2.05, 4.69) is 79.0 Å². The fourth-order valence-electron chi connectivity index (χ4n) is 5.98. The Hall–Kier alpha value is -5.22. The van der Waals surface area contributed by atoms with Crippen molar-refractivity contribution in [2.45, 2.75) is 58.8 Å². The van der Waals surface area contributed by atoms with Crippen molar-refractivity contribution in [3.05, 3.63) is 118 Å². The summed E-state index contributed by atoms with van der Waals surface area (Å²) in [7, 11) is 3.04. The molecule has 0 fully saturated rings. The molecule has 1 aliphatic rings. The molecule has 10 heteroatoms.